The van der Waals surface area contributed by atoms with Crippen molar-refractivity contribution in [3.63, 3.8) is 0 Å². The van der Waals surface area contributed by atoms with Crippen molar-refractivity contribution in [2.24, 2.45) is 0 Å². The lowest BCUT2D eigenvalue weighted by atomic mass is 10.0. The Morgan fingerprint density at radius 1 is 1.03 bits per heavy atom. The van der Waals surface area contributed by atoms with Gasteiger partial charge in [0, 0.05) is 6.54 Å². The minimum atomic E-state index is -0.728. The molecule has 4 N–H and O–H groups in total. The normalized spacial score (nSPS) is 20.4. The maximum absolute atomic E-state index is 13.7. The van der Waals surface area contributed by atoms with Crippen LogP contribution in [0.4, 0.5) is 14.9 Å². The monoisotopic (exact) mass is 413 g/mol. The van der Waals surface area contributed by atoms with Crippen molar-refractivity contribution in [3.8, 4) is 0 Å². The molecule has 0 saturated carbocycles. The summed E-state index contributed by atoms with van der Waals surface area (Å²) in [6.07, 6.45) is 2.18. The van der Waals surface area contributed by atoms with Crippen LogP contribution in [0.1, 0.15) is 12.0 Å². The summed E-state index contributed by atoms with van der Waals surface area (Å²) in [7, 11) is 0. The van der Waals surface area contributed by atoms with Crippen LogP contribution < -0.4 is 16.0 Å². The quantitative estimate of drug-likeness (QED) is 0.524. The van der Waals surface area contributed by atoms with E-state index in [9.17, 15) is 19.1 Å². The van der Waals surface area contributed by atoms with Crippen LogP contribution in [0.3, 0.4) is 0 Å². The van der Waals surface area contributed by atoms with E-state index in [0.717, 1.165) is 5.56 Å². The summed E-state index contributed by atoms with van der Waals surface area (Å²) in [5.41, 5.74) is 1.04. The van der Waals surface area contributed by atoms with Gasteiger partial charge in [-0.25, -0.2) is 9.18 Å². The second kappa shape index (κ2) is 10.5. The number of amides is 3. The standard InChI is InChI=1S/C22H24FN3O4/c23-17-8-4-5-9-18(17)25-22(29)26-19-11-10-16(30-20(19)14-27)12-21(28)24-13-15-6-2-1-3-7-15/h1-11,16,19-20,27H,12-14H2,(H,24,28)(H2,25,26,29)/t16-,19-,20+/m0/s1. The Kier molecular flexibility index (Phi) is 7.53. The lowest BCUT2D eigenvalue weighted by Gasteiger charge is -2.31. The fourth-order valence-corrected chi connectivity index (χ4v) is 3.06. The first kappa shape index (κ1) is 21.5. The molecule has 7 nitrogen and oxygen atoms in total. The SMILES string of the molecule is O=C(C[C@@H]1C=C[C@H](NC(=O)Nc2ccccc2F)[C@@H](CO)O1)NCc1ccccc1. The molecule has 2 aromatic rings. The molecule has 0 saturated heterocycles. The van der Waals surface area contributed by atoms with Gasteiger partial charge in [-0.1, -0.05) is 54.6 Å². The van der Waals surface area contributed by atoms with E-state index in [1.807, 2.05) is 30.3 Å². The van der Waals surface area contributed by atoms with E-state index in [2.05, 4.69) is 16.0 Å². The number of ether oxygens (including phenoxy) is 1. The summed E-state index contributed by atoms with van der Waals surface area (Å²) in [4.78, 5) is 24.3. The Hall–Kier alpha value is -3.23. The molecule has 3 amide bonds. The van der Waals surface area contributed by atoms with Crippen LogP contribution >= 0.6 is 0 Å². The molecule has 0 aromatic heterocycles. The van der Waals surface area contributed by atoms with Crippen LogP contribution in [0.15, 0.2) is 66.7 Å². The van der Waals surface area contributed by atoms with E-state index in [4.69, 9.17) is 4.74 Å². The van der Waals surface area contributed by atoms with Crippen LogP contribution in [-0.2, 0) is 16.1 Å². The molecule has 1 aliphatic heterocycles. The predicted molar refractivity (Wildman–Crippen MR) is 110 cm³/mol. The first-order chi connectivity index (χ1) is 14.5. The molecule has 0 spiro atoms. The fourth-order valence-electron chi connectivity index (χ4n) is 3.06. The number of carbonyl (C=O) groups excluding carboxylic acids is 2. The van der Waals surface area contributed by atoms with Crippen molar-refractivity contribution in [2.75, 3.05) is 11.9 Å². The predicted octanol–water partition coefficient (Wildman–Crippen LogP) is 2.34. The van der Waals surface area contributed by atoms with Gasteiger partial charge in [-0.2, -0.15) is 0 Å². The first-order valence-electron chi connectivity index (χ1n) is 9.62. The van der Waals surface area contributed by atoms with Crippen LogP contribution in [0.2, 0.25) is 0 Å². The molecule has 30 heavy (non-hydrogen) atoms. The maximum Gasteiger partial charge on any atom is 0.319 e. The van der Waals surface area contributed by atoms with Gasteiger partial charge in [0.05, 0.1) is 30.9 Å². The number of halogens is 1. The summed E-state index contributed by atoms with van der Waals surface area (Å²) >= 11 is 0. The Morgan fingerprint density at radius 3 is 2.50 bits per heavy atom. The number of anilines is 1. The Labute approximate surface area is 173 Å². The number of aliphatic hydroxyl groups is 1. The number of nitrogens with one attached hydrogen (secondary N) is 3. The number of carbonyl (C=O) groups is 2. The zero-order valence-corrected chi connectivity index (χ0v) is 16.3. The summed E-state index contributed by atoms with van der Waals surface area (Å²) in [6, 6.07) is 14.1. The van der Waals surface area contributed by atoms with E-state index in [0.29, 0.717) is 6.54 Å². The highest BCUT2D eigenvalue weighted by molar-refractivity contribution is 5.89. The number of rotatable bonds is 7. The van der Waals surface area contributed by atoms with Gasteiger partial charge in [0.15, 0.2) is 0 Å². The van der Waals surface area contributed by atoms with Crippen LogP contribution in [0.25, 0.3) is 0 Å². The second-order valence-corrected chi connectivity index (χ2v) is 6.85. The zero-order valence-electron chi connectivity index (χ0n) is 16.3. The molecule has 0 aliphatic carbocycles. The molecule has 1 heterocycles. The summed E-state index contributed by atoms with van der Waals surface area (Å²) in [6.45, 7) is 0.0665. The topological polar surface area (TPSA) is 99.7 Å². The van der Waals surface area contributed by atoms with Crippen molar-refractivity contribution in [1.82, 2.24) is 10.6 Å². The summed E-state index contributed by atoms with van der Waals surface area (Å²) in [5, 5.41) is 17.5. The third-order valence-corrected chi connectivity index (χ3v) is 4.60. The third-order valence-electron chi connectivity index (χ3n) is 4.60. The Balaban J connectivity index is 1.50. The average Bonchev–Trinajstić information content (AvgIpc) is 2.75. The number of urea groups is 1. The Bertz CT molecular complexity index is 891. The molecular weight excluding hydrogens is 389 g/mol. The highest BCUT2D eigenvalue weighted by atomic mass is 19.1. The second-order valence-electron chi connectivity index (χ2n) is 6.85. The lowest BCUT2D eigenvalue weighted by Crippen LogP contribution is -2.50. The number of hydrogen-bond donors (Lipinski definition) is 4. The van der Waals surface area contributed by atoms with Crippen molar-refractivity contribution in [3.05, 3.63) is 78.1 Å². The smallest absolute Gasteiger partial charge is 0.319 e. The van der Waals surface area contributed by atoms with Crippen molar-refractivity contribution < 1.29 is 23.8 Å². The molecule has 8 heteroatoms. The van der Waals surface area contributed by atoms with E-state index in [1.165, 1.54) is 18.2 Å². The van der Waals surface area contributed by atoms with Crippen LogP contribution in [0.5, 0.6) is 0 Å². The molecular formula is C22H24FN3O4. The van der Waals surface area contributed by atoms with E-state index in [-0.39, 0.29) is 24.6 Å². The first-order valence-corrected chi connectivity index (χ1v) is 9.62. The summed E-state index contributed by atoms with van der Waals surface area (Å²) < 4.78 is 19.4. The highest BCUT2D eigenvalue weighted by Gasteiger charge is 2.29. The van der Waals surface area contributed by atoms with E-state index < -0.39 is 30.1 Å². The van der Waals surface area contributed by atoms with Crippen molar-refractivity contribution in [1.29, 1.82) is 0 Å². The average molecular weight is 413 g/mol. The number of para-hydroxylation sites is 1. The van der Waals surface area contributed by atoms with Crippen LogP contribution in [-0.4, -0.2) is 41.9 Å². The van der Waals surface area contributed by atoms with Gasteiger partial charge in [0.25, 0.3) is 0 Å². The largest absolute Gasteiger partial charge is 0.394 e. The van der Waals surface area contributed by atoms with Crippen molar-refractivity contribution in [2.45, 2.75) is 31.2 Å². The third kappa shape index (κ3) is 6.13. The number of benzene rings is 2. The lowest BCUT2D eigenvalue weighted by molar-refractivity contribution is -0.125. The molecule has 0 fully saturated rings. The molecule has 2 aromatic carbocycles. The zero-order chi connectivity index (χ0) is 21.3. The van der Waals surface area contributed by atoms with Crippen LogP contribution in [0, 0.1) is 5.82 Å². The van der Waals surface area contributed by atoms with Gasteiger partial charge in [-0.05, 0) is 17.7 Å². The van der Waals surface area contributed by atoms with E-state index >= 15 is 0 Å². The molecule has 0 radical (unpaired) electrons. The van der Waals surface area contributed by atoms with Gasteiger partial charge in [-0.15, -0.1) is 0 Å². The molecule has 3 atom stereocenters. The van der Waals surface area contributed by atoms with Gasteiger partial charge in [-0.3, -0.25) is 4.79 Å². The van der Waals surface area contributed by atoms with E-state index in [1.54, 1.807) is 18.2 Å². The highest BCUT2D eigenvalue weighted by Crippen LogP contribution is 2.17. The van der Waals surface area contributed by atoms with Gasteiger partial charge < -0.3 is 25.8 Å². The molecule has 0 bridgehead atoms. The van der Waals surface area contributed by atoms with Gasteiger partial charge in [0.2, 0.25) is 5.91 Å². The molecule has 3 rings (SSSR count). The molecule has 1 aliphatic rings. The minimum Gasteiger partial charge on any atom is -0.394 e. The Morgan fingerprint density at radius 2 is 1.77 bits per heavy atom. The maximum atomic E-state index is 13.7. The minimum absolute atomic E-state index is 0.0456. The molecule has 158 valence electrons. The summed E-state index contributed by atoms with van der Waals surface area (Å²) in [5.74, 6) is -0.739. The van der Waals surface area contributed by atoms with Gasteiger partial charge >= 0.3 is 6.03 Å². The number of hydrogen-bond acceptors (Lipinski definition) is 4. The molecule has 0 unspecified atom stereocenters. The van der Waals surface area contributed by atoms with Gasteiger partial charge in [0.1, 0.15) is 11.9 Å². The fraction of sp³-hybridized carbons (Fsp3) is 0.273. The van der Waals surface area contributed by atoms with Crippen molar-refractivity contribution >= 4 is 17.6 Å². The number of aliphatic hydroxyl groups excluding tert-OH is 1.